The van der Waals surface area contributed by atoms with Crippen molar-refractivity contribution in [3.05, 3.63) is 65.6 Å². The van der Waals surface area contributed by atoms with Crippen molar-refractivity contribution in [2.45, 2.75) is 13.3 Å². The highest BCUT2D eigenvalue weighted by Gasteiger charge is 2.06. The molecule has 0 saturated heterocycles. The molecule has 0 aliphatic rings. The van der Waals surface area contributed by atoms with E-state index < -0.39 is 0 Å². The molecule has 3 aromatic rings. The molecule has 4 nitrogen and oxygen atoms in total. The van der Waals surface area contributed by atoms with Gasteiger partial charge in [0.1, 0.15) is 11.6 Å². The van der Waals surface area contributed by atoms with Crippen molar-refractivity contribution >= 4 is 16.8 Å². The summed E-state index contributed by atoms with van der Waals surface area (Å²) in [5.41, 5.74) is 3.01. The maximum atomic E-state index is 13.3. The first-order valence-corrected chi connectivity index (χ1v) is 7.83. The van der Waals surface area contributed by atoms with E-state index >= 15 is 0 Å². The van der Waals surface area contributed by atoms with E-state index in [4.69, 9.17) is 4.74 Å². The van der Waals surface area contributed by atoms with Gasteiger partial charge in [0.25, 0.3) is 5.91 Å². The molecule has 0 radical (unpaired) electrons. The Morgan fingerprint density at radius 1 is 1.21 bits per heavy atom. The summed E-state index contributed by atoms with van der Waals surface area (Å²) < 4.78 is 18.8. The standard InChI is InChI=1S/C19H19FN2O2/c1-13-2-5-16(6-3-13)24-12-19(23)21-9-8-14-11-22-18-7-4-15(20)10-17(14)18/h2-7,10-11,22H,8-9,12H2,1H3,(H,21,23). The third-order valence-corrected chi connectivity index (χ3v) is 3.84. The number of aromatic amines is 1. The van der Waals surface area contributed by atoms with Gasteiger partial charge in [-0.15, -0.1) is 0 Å². The third-order valence-electron chi connectivity index (χ3n) is 3.84. The Labute approximate surface area is 139 Å². The molecule has 2 N–H and O–H groups in total. The van der Waals surface area contributed by atoms with Crippen LogP contribution in [0.15, 0.2) is 48.7 Å². The van der Waals surface area contributed by atoms with Crippen LogP contribution in [0, 0.1) is 12.7 Å². The SMILES string of the molecule is Cc1ccc(OCC(=O)NCCc2c[nH]c3ccc(F)cc23)cc1. The summed E-state index contributed by atoms with van der Waals surface area (Å²) in [4.78, 5) is 14.9. The van der Waals surface area contributed by atoms with Crippen LogP contribution in [0.5, 0.6) is 5.75 Å². The molecule has 0 bridgehead atoms. The van der Waals surface area contributed by atoms with Gasteiger partial charge in [-0.1, -0.05) is 17.7 Å². The number of carbonyl (C=O) groups excluding carboxylic acids is 1. The largest absolute Gasteiger partial charge is 0.484 e. The van der Waals surface area contributed by atoms with Crippen molar-refractivity contribution in [2.24, 2.45) is 0 Å². The van der Waals surface area contributed by atoms with E-state index in [2.05, 4.69) is 10.3 Å². The summed E-state index contributed by atoms with van der Waals surface area (Å²) in [5, 5.41) is 3.66. The smallest absolute Gasteiger partial charge is 0.257 e. The topological polar surface area (TPSA) is 54.1 Å². The zero-order valence-electron chi connectivity index (χ0n) is 13.4. The molecule has 0 aliphatic heterocycles. The Hall–Kier alpha value is -2.82. The van der Waals surface area contributed by atoms with Gasteiger partial charge in [0.2, 0.25) is 0 Å². The molecule has 0 spiro atoms. The van der Waals surface area contributed by atoms with E-state index in [0.29, 0.717) is 18.7 Å². The second-order valence-corrected chi connectivity index (χ2v) is 5.71. The lowest BCUT2D eigenvalue weighted by Gasteiger charge is -2.07. The van der Waals surface area contributed by atoms with Crippen LogP contribution in [0.3, 0.4) is 0 Å². The summed E-state index contributed by atoms with van der Waals surface area (Å²) in [7, 11) is 0. The van der Waals surface area contributed by atoms with Gasteiger partial charge in [0.05, 0.1) is 0 Å². The number of aryl methyl sites for hydroxylation is 1. The van der Waals surface area contributed by atoms with Gasteiger partial charge in [-0.3, -0.25) is 4.79 Å². The molecule has 0 saturated carbocycles. The van der Waals surface area contributed by atoms with E-state index in [1.54, 1.807) is 6.07 Å². The Kier molecular flexibility index (Phi) is 4.79. The maximum absolute atomic E-state index is 13.3. The van der Waals surface area contributed by atoms with E-state index in [1.165, 1.54) is 12.1 Å². The average Bonchev–Trinajstić information content (AvgIpc) is 2.97. The molecule has 3 rings (SSSR count). The van der Waals surface area contributed by atoms with Crippen molar-refractivity contribution in [1.29, 1.82) is 0 Å². The molecule has 124 valence electrons. The maximum Gasteiger partial charge on any atom is 0.257 e. The summed E-state index contributed by atoms with van der Waals surface area (Å²) in [6.07, 6.45) is 2.47. The number of H-pyrrole nitrogens is 1. The number of fused-ring (bicyclic) bond motifs is 1. The van der Waals surface area contributed by atoms with Crippen molar-refractivity contribution in [2.75, 3.05) is 13.2 Å². The van der Waals surface area contributed by atoms with Gasteiger partial charge in [0.15, 0.2) is 6.61 Å². The lowest BCUT2D eigenvalue weighted by atomic mass is 10.1. The number of hydrogen-bond donors (Lipinski definition) is 2. The van der Waals surface area contributed by atoms with E-state index in [0.717, 1.165) is 22.0 Å². The first-order valence-electron chi connectivity index (χ1n) is 7.83. The summed E-state index contributed by atoms with van der Waals surface area (Å²) in [6, 6.07) is 12.2. The number of hydrogen-bond acceptors (Lipinski definition) is 2. The Balaban J connectivity index is 1.47. The van der Waals surface area contributed by atoms with Gasteiger partial charge in [0, 0.05) is 23.6 Å². The quantitative estimate of drug-likeness (QED) is 0.730. The number of ether oxygens (including phenoxy) is 1. The predicted octanol–water partition coefficient (Wildman–Crippen LogP) is 3.35. The molecule has 1 amide bonds. The van der Waals surface area contributed by atoms with Crippen LogP contribution < -0.4 is 10.1 Å². The molecule has 24 heavy (non-hydrogen) atoms. The Bertz CT molecular complexity index is 840. The highest BCUT2D eigenvalue weighted by atomic mass is 19.1. The first-order chi connectivity index (χ1) is 11.6. The van der Waals surface area contributed by atoms with Crippen LogP contribution in [0.25, 0.3) is 10.9 Å². The van der Waals surface area contributed by atoms with Crippen molar-refractivity contribution in [3.8, 4) is 5.75 Å². The monoisotopic (exact) mass is 326 g/mol. The Morgan fingerprint density at radius 3 is 2.79 bits per heavy atom. The van der Waals surface area contributed by atoms with Gasteiger partial charge >= 0.3 is 0 Å². The minimum atomic E-state index is -0.265. The number of aromatic nitrogens is 1. The summed E-state index contributed by atoms with van der Waals surface area (Å²) >= 11 is 0. The highest BCUT2D eigenvalue weighted by Crippen LogP contribution is 2.19. The van der Waals surface area contributed by atoms with E-state index in [9.17, 15) is 9.18 Å². The zero-order chi connectivity index (χ0) is 16.9. The number of nitrogens with one attached hydrogen (secondary N) is 2. The fourth-order valence-electron chi connectivity index (χ4n) is 2.53. The number of rotatable bonds is 6. The van der Waals surface area contributed by atoms with E-state index in [-0.39, 0.29) is 18.3 Å². The molecule has 1 heterocycles. The van der Waals surface area contributed by atoms with Gasteiger partial charge in [-0.05, 0) is 49.2 Å². The molecule has 5 heteroatoms. The number of halogens is 1. The molecular weight excluding hydrogens is 307 g/mol. The molecule has 1 aromatic heterocycles. The normalized spacial score (nSPS) is 10.8. The molecule has 0 unspecified atom stereocenters. The van der Waals surface area contributed by atoms with Crippen LogP contribution in [-0.2, 0) is 11.2 Å². The van der Waals surface area contributed by atoms with Crippen LogP contribution in [0.1, 0.15) is 11.1 Å². The van der Waals surface area contributed by atoms with Crippen molar-refractivity contribution in [3.63, 3.8) is 0 Å². The van der Waals surface area contributed by atoms with Crippen LogP contribution in [-0.4, -0.2) is 24.0 Å². The summed E-state index contributed by atoms with van der Waals surface area (Å²) in [6.45, 7) is 2.44. The lowest BCUT2D eigenvalue weighted by Crippen LogP contribution is -2.30. The Morgan fingerprint density at radius 2 is 2.00 bits per heavy atom. The summed E-state index contributed by atoms with van der Waals surface area (Å²) in [5.74, 6) is 0.225. The van der Waals surface area contributed by atoms with Gasteiger partial charge in [-0.25, -0.2) is 4.39 Å². The highest BCUT2D eigenvalue weighted by molar-refractivity contribution is 5.83. The zero-order valence-corrected chi connectivity index (χ0v) is 13.4. The van der Waals surface area contributed by atoms with Gasteiger partial charge in [-0.2, -0.15) is 0 Å². The first kappa shape index (κ1) is 16.1. The fraction of sp³-hybridized carbons (Fsp3) is 0.211. The molecule has 0 aliphatic carbocycles. The van der Waals surface area contributed by atoms with Crippen molar-refractivity contribution < 1.29 is 13.9 Å². The number of carbonyl (C=O) groups is 1. The number of benzene rings is 2. The third kappa shape index (κ3) is 3.93. The lowest BCUT2D eigenvalue weighted by molar-refractivity contribution is -0.123. The minimum absolute atomic E-state index is 0.0222. The van der Waals surface area contributed by atoms with Crippen molar-refractivity contribution in [1.82, 2.24) is 10.3 Å². The molecule has 2 aromatic carbocycles. The minimum Gasteiger partial charge on any atom is -0.484 e. The predicted molar refractivity (Wildman–Crippen MR) is 91.6 cm³/mol. The van der Waals surface area contributed by atoms with E-state index in [1.807, 2.05) is 37.4 Å². The van der Waals surface area contributed by atoms with Gasteiger partial charge < -0.3 is 15.0 Å². The van der Waals surface area contributed by atoms with Crippen LogP contribution >= 0.6 is 0 Å². The molecule has 0 atom stereocenters. The molecule has 0 fully saturated rings. The molecular formula is C19H19FN2O2. The fourth-order valence-corrected chi connectivity index (χ4v) is 2.53. The second-order valence-electron chi connectivity index (χ2n) is 5.71. The number of amides is 1. The van der Waals surface area contributed by atoms with Crippen LogP contribution in [0.2, 0.25) is 0 Å². The second kappa shape index (κ2) is 7.17. The average molecular weight is 326 g/mol. The van der Waals surface area contributed by atoms with Crippen LogP contribution in [0.4, 0.5) is 4.39 Å².